The van der Waals surface area contributed by atoms with Crippen molar-refractivity contribution in [3.63, 3.8) is 0 Å². The molecule has 3 nitrogen and oxygen atoms in total. The van der Waals surface area contributed by atoms with Crippen molar-refractivity contribution in [3.8, 4) is 0 Å². The molecule has 0 aliphatic rings. The molecule has 0 aliphatic carbocycles. The van der Waals surface area contributed by atoms with Gasteiger partial charge in [-0.1, -0.05) is 23.8 Å². The number of pyridine rings is 1. The maximum Gasteiger partial charge on any atom is 0.122 e. The van der Waals surface area contributed by atoms with Gasteiger partial charge in [-0.25, -0.2) is 0 Å². The Morgan fingerprint density at radius 2 is 2.11 bits per heavy atom. The first-order valence-electron chi connectivity index (χ1n) is 5.04. The Kier molecular flexibility index (Phi) is 4.36. The Labute approximate surface area is 129 Å². The van der Waals surface area contributed by atoms with Gasteiger partial charge >= 0.3 is 0 Å². The Morgan fingerprint density at radius 3 is 2.67 bits per heavy atom. The number of thiocarbonyl (C=S) groups is 1. The normalized spacial score (nSPS) is 10.1. The summed E-state index contributed by atoms with van der Waals surface area (Å²) in [7, 11) is 0. The molecule has 6 heteroatoms. The van der Waals surface area contributed by atoms with Crippen LogP contribution in [0.25, 0.3) is 0 Å². The van der Waals surface area contributed by atoms with Gasteiger partial charge in [0.25, 0.3) is 0 Å². The SMILES string of the molecule is NC(=S)c1ccc(Nc2ccc(Cl)cc2I)cn1. The number of halogens is 2. The molecule has 0 spiro atoms. The van der Waals surface area contributed by atoms with Crippen molar-refractivity contribution < 1.29 is 0 Å². The van der Waals surface area contributed by atoms with Crippen LogP contribution in [-0.2, 0) is 0 Å². The van der Waals surface area contributed by atoms with Crippen LogP contribution < -0.4 is 11.1 Å². The monoisotopic (exact) mass is 389 g/mol. The molecule has 3 N–H and O–H groups in total. The summed E-state index contributed by atoms with van der Waals surface area (Å²) in [6.45, 7) is 0. The van der Waals surface area contributed by atoms with Crippen LogP contribution in [0.2, 0.25) is 5.02 Å². The number of nitrogens with zero attached hydrogens (tertiary/aromatic N) is 1. The second-order valence-electron chi connectivity index (χ2n) is 3.55. The number of anilines is 2. The minimum atomic E-state index is 0.294. The van der Waals surface area contributed by atoms with E-state index in [0.717, 1.165) is 14.9 Å². The summed E-state index contributed by atoms with van der Waals surface area (Å²) in [6, 6.07) is 9.31. The zero-order valence-electron chi connectivity index (χ0n) is 9.15. The third kappa shape index (κ3) is 3.30. The van der Waals surface area contributed by atoms with Gasteiger partial charge in [-0.3, -0.25) is 4.98 Å². The molecular weight excluding hydrogens is 381 g/mol. The molecule has 0 fully saturated rings. The smallest absolute Gasteiger partial charge is 0.122 e. The fraction of sp³-hybridized carbons (Fsp3) is 0. The molecule has 0 saturated carbocycles. The summed E-state index contributed by atoms with van der Waals surface area (Å²) < 4.78 is 1.04. The largest absolute Gasteiger partial charge is 0.388 e. The van der Waals surface area contributed by atoms with E-state index in [0.29, 0.717) is 15.7 Å². The molecule has 0 atom stereocenters. The number of nitrogens with two attached hydrogens (primary N) is 1. The lowest BCUT2D eigenvalue weighted by Gasteiger charge is -2.09. The van der Waals surface area contributed by atoms with Gasteiger partial charge in [0.05, 0.1) is 23.3 Å². The molecule has 1 aromatic carbocycles. The first-order valence-corrected chi connectivity index (χ1v) is 6.90. The summed E-state index contributed by atoms with van der Waals surface area (Å²) in [5, 5.41) is 3.97. The maximum atomic E-state index is 5.90. The number of benzene rings is 1. The summed E-state index contributed by atoms with van der Waals surface area (Å²) in [6.07, 6.45) is 1.69. The second kappa shape index (κ2) is 5.81. The Hall–Kier alpha value is -0.920. The van der Waals surface area contributed by atoms with Crippen LogP contribution in [0.5, 0.6) is 0 Å². The van der Waals surface area contributed by atoms with E-state index in [9.17, 15) is 0 Å². The number of hydrogen-bond donors (Lipinski definition) is 2. The molecule has 0 radical (unpaired) electrons. The zero-order chi connectivity index (χ0) is 13.1. The number of nitrogens with one attached hydrogen (secondary N) is 1. The van der Waals surface area contributed by atoms with Crippen LogP contribution in [0.3, 0.4) is 0 Å². The molecular formula is C12H9ClIN3S. The van der Waals surface area contributed by atoms with E-state index in [1.54, 1.807) is 12.3 Å². The van der Waals surface area contributed by atoms with E-state index in [1.807, 2.05) is 24.3 Å². The van der Waals surface area contributed by atoms with Crippen LogP contribution >= 0.6 is 46.4 Å². The predicted molar refractivity (Wildman–Crippen MR) is 87.6 cm³/mol. The molecule has 0 unspecified atom stereocenters. The van der Waals surface area contributed by atoms with Crippen molar-refractivity contribution in [2.45, 2.75) is 0 Å². The fourth-order valence-corrected chi connectivity index (χ4v) is 2.49. The highest BCUT2D eigenvalue weighted by atomic mass is 127. The highest BCUT2D eigenvalue weighted by molar-refractivity contribution is 14.1. The predicted octanol–water partition coefficient (Wildman–Crippen LogP) is 3.72. The van der Waals surface area contributed by atoms with E-state index in [1.165, 1.54) is 0 Å². The highest BCUT2D eigenvalue weighted by Crippen LogP contribution is 2.25. The molecule has 0 amide bonds. The average Bonchev–Trinajstić information content (AvgIpc) is 2.33. The molecule has 2 rings (SSSR count). The maximum absolute atomic E-state index is 5.90. The second-order valence-corrected chi connectivity index (χ2v) is 5.58. The van der Waals surface area contributed by atoms with Crippen LogP contribution in [0.1, 0.15) is 5.69 Å². The topological polar surface area (TPSA) is 50.9 Å². The van der Waals surface area contributed by atoms with Gasteiger partial charge in [0, 0.05) is 8.59 Å². The third-order valence-electron chi connectivity index (χ3n) is 2.23. The molecule has 1 heterocycles. The zero-order valence-corrected chi connectivity index (χ0v) is 12.9. The van der Waals surface area contributed by atoms with Gasteiger partial charge in [0.1, 0.15) is 4.99 Å². The molecule has 0 aliphatic heterocycles. The van der Waals surface area contributed by atoms with Gasteiger partial charge in [0.15, 0.2) is 0 Å². The number of rotatable bonds is 3. The van der Waals surface area contributed by atoms with Crippen molar-refractivity contribution in [1.29, 1.82) is 0 Å². The van der Waals surface area contributed by atoms with Gasteiger partial charge < -0.3 is 11.1 Å². The Morgan fingerprint density at radius 1 is 1.33 bits per heavy atom. The lowest BCUT2D eigenvalue weighted by Crippen LogP contribution is -2.11. The van der Waals surface area contributed by atoms with Gasteiger partial charge in [-0.15, -0.1) is 0 Å². The molecule has 92 valence electrons. The quantitative estimate of drug-likeness (QED) is 0.620. The lowest BCUT2D eigenvalue weighted by molar-refractivity contribution is 1.29. The molecule has 0 bridgehead atoms. The fourth-order valence-electron chi connectivity index (χ4n) is 1.36. The van der Waals surface area contributed by atoms with E-state index < -0.39 is 0 Å². The van der Waals surface area contributed by atoms with Crippen molar-refractivity contribution in [2.24, 2.45) is 5.73 Å². The Balaban J connectivity index is 2.21. The first kappa shape index (κ1) is 13.5. The van der Waals surface area contributed by atoms with Crippen molar-refractivity contribution >= 4 is 62.8 Å². The van der Waals surface area contributed by atoms with Crippen LogP contribution in [-0.4, -0.2) is 9.97 Å². The average molecular weight is 390 g/mol. The third-order valence-corrected chi connectivity index (χ3v) is 3.56. The molecule has 0 saturated heterocycles. The molecule has 2 aromatic rings. The van der Waals surface area contributed by atoms with Crippen molar-refractivity contribution in [1.82, 2.24) is 4.98 Å². The van der Waals surface area contributed by atoms with Gasteiger partial charge in [-0.05, 0) is 52.9 Å². The summed E-state index contributed by atoms with van der Waals surface area (Å²) in [5.41, 5.74) is 7.95. The lowest BCUT2D eigenvalue weighted by atomic mass is 10.3. The van der Waals surface area contributed by atoms with Crippen molar-refractivity contribution in [3.05, 3.63) is 50.8 Å². The minimum Gasteiger partial charge on any atom is -0.388 e. The van der Waals surface area contributed by atoms with E-state index in [-0.39, 0.29) is 0 Å². The van der Waals surface area contributed by atoms with Gasteiger partial charge in [0.2, 0.25) is 0 Å². The number of hydrogen-bond acceptors (Lipinski definition) is 3. The minimum absolute atomic E-state index is 0.294. The van der Waals surface area contributed by atoms with E-state index >= 15 is 0 Å². The molecule has 18 heavy (non-hydrogen) atoms. The van der Waals surface area contributed by atoms with Crippen molar-refractivity contribution in [2.75, 3.05) is 5.32 Å². The van der Waals surface area contributed by atoms with E-state index in [4.69, 9.17) is 29.6 Å². The summed E-state index contributed by atoms with van der Waals surface area (Å²) in [5.74, 6) is 0. The van der Waals surface area contributed by atoms with Crippen LogP contribution in [0, 0.1) is 3.57 Å². The summed E-state index contributed by atoms with van der Waals surface area (Å²) in [4.78, 5) is 4.46. The number of aromatic nitrogens is 1. The highest BCUT2D eigenvalue weighted by Gasteiger charge is 2.02. The van der Waals surface area contributed by atoms with Crippen LogP contribution in [0.15, 0.2) is 36.5 Å². The standard InChI is InChI=1S/C12H9ClIN3S/c13-7-1-3-10(9(14)5-7)17-8-2-4-11(12(15)18)16-6-8/h1-6,17H,(H2,15,18). The van der Waals surface area contributed by atoms with Gasteiger partial charge in [-0.2, -0.15) is 0 Å². The Bertz CT molecular complexity index is 586. The first-order chi connectivity index (χ1) is 8.56. The van der Waals surface area contributed by atoms with E-state index in [2.05, 4.69) is 32.9 Å². The van der Waals surface area contributed by atoms with Crippen LogP contribution in [0.4, 0.5) is 11.4 Å². The summed E-state index contributed by atoms with van der Waals surface area (Å²) >= 11 is 13.0. The molecule has 1 aromatic heterocycles.